The lowest BCUT2D eigenvalue weighted by Gasteiger charge is -2.36. The Morgan fingerprint density at radius 3 is 2.82 bits per heavy atom. The molecule has 0 fully saturated rings. The van der Waals surface area contributed by atoms with E-state index in [1.54, 1.807) is 6.07 Å². The van der Waals surface area contributed by atoms with Crippen LogP contribution in [-0.2, 0) is 12.6 Å². The van der Waals surface area contributed by atoms with Gasteiger partial charge in [-0.15, -0.1) is 0 Å². The van der Waals surface area contributed by atoms with Crippen LogP contribution in [-0.4, -0.2) is 38.6 Å². The molecular weight excluding hydrogens is 307 g/mol. The van der Waals surface area contributed by atoms with Gasteiger partial charge in [-0.1, -0.05) is 25.1 Å². The van der Waals surface area contributed by atoms with Crippen LogP contribution in [0, 0.1) is 11.9 Å². The lowest BCUT2D eigenvalue weighted by molar-refractivity contribution is -0.137. The summed E-state index contributed by atoms with van der Waals surface area (Å²) in [7, 11) is 0.195. The van der Waals surface area contributed by atoms with Gasteiger partial charge in [-0.05, 0) is 18.1 Å². The van der Waals surface area contributed by atoms with Crippen molar-refractivity contribution in [3.05, 3.63) is 35.4 Å². The number of benzene rings is 1. The summed E-state index contributed by atoms with van der Waals surface area (Å²) < 4.78 is 38.2. The van der Waals surface area contributed by atoms with E-state index in [1.165, 1.54) is 12.1 Å². The monoisotopic (exact) mass is 325 g/mol. The Bertz CT molecular complexity index is 607. The third kappa shape index (κ3) is 3.72. The predicted molar refractivity (Wildman–Crippen MR) is 82.0 cm³/mol. The molecule has 2 atom stereocenters. The van der Waals surface area contributed by atoms with E-state index in [0.29, 0.717) is 31.0 Å². The number of aliphatic imine (C=N–C) groups is 1. The lowest BCUT2D eigenvalue weighted by atomic mass is 10.1. The van der Waals surface area contributed by atoms with Crippen molar-refractivity contribution in [1.82, 2.24) is 4.90 Å². The highest BCUT2D eigenvalue weighted by molar-refractivity contribution is 6.25. The van der Waals surface area contributed by atoms with Gasteiger partial charge in [0.2, 0.25) is 0 Å². The summed E-state index contributed by atoms with van der Waals surface area (Å²) in [4.78, 5) is 6.16. The Kier molecular flexibility index (Phi) is 4.98. The van der Waals surface area contributed by atoms with Crippen molar-refractivity contribution in [2.24, 2.45) is 16.6 Å². The normalized spacial score (nSPS) is 22.1. The first kappa shape index (κ1) is 16.6. The number of hydrogen-bond acceptors (Lipinski definition) is 3. The SMILES string of the molecule is C#[Si]C1C(C)CN=C(N)N1CCc1cccc(C(F)(F)F)c1. The third-order valence-electron chi connectivity index (χ3n) is 3.78. The van der Waals surface area contributed by atoms with E-state index in [-0.39, 0.29) is 20.5 Å². The lowest BCUT2D eigenvalue weighted by Crippen LogP contribution is -2.53. The van der Waals surface area contributed by atoms with E-state index in [9.17, 15) is 13.2 Å². The molecule has 1 heterocycles. The van der Waals surface area contributed by atoms with E-state index in [1.807, 2.05) is 4.90 Å². The molecule has 0 radical (unpaired) electrons. The molecule has 3 nitrogen and oxygen atoms in total. The van der Waals surface area contributed by atoms with Crippen molar-refractivity contribution >= 4 is 14.9 Å². The highest BCUT2D eigenvalue weighted by atomic mass is 28.2. The topological polar surface area (TPSA) is 41.6 Å². The van der Waals surface area contributed by atoms with E-state index < -0.39 is 11.7 Å². The van der Waals surface area contributed by atoms with Crippen LogP contribution < -0.4 is 5.73 Å². The average Bonchev–Trinajstić information content (AvgIpc) is 2.47. The van der Waals surface area contributed by atoms with Gasteiger partial charge in [0.15, 0.2) is 5.96 Å². The molecule has 0 aliphatic carbocycles. The Morgan fingerprint density at radius 2 is 2.18 bits per heavy atom. The first-order valence-electron chi connectivity index (χ1n) is 7.01. The van der Waals surface area contributed by atoms with Crippen molar-refractivity contribution < 1.29 is 13.2 Å². The molecule has 1 aromatic carbocycles. The second-order valence-electron chi connectivity index (χ2n) is 5.43. The van der Waals surface area contributed by atoms with E-state index >= 15 is 0 Å². The van der Waals surface area contributed by atoms with E-state index in [0.717, 1.165) is 6.07 Å². The molecule has 0 saturated heterocycles. The molecule has 118 valence electrons. The largest absolute Gasteiger partial charge is 0.416 e. The fraction of sp³-hybridized carbons (Fsp3) is 0.467. The van der Waals surface area contributed by atoms with Crippen molar-refractivity contribution in [3.8, 4) is 6.00 Å². The zero-order valence-electron chi connectivity index (χ0n) is 12.3. The number of alkyl halides is 3. The molecule has 1 aromatic rings. The first-order valence-corrected chi connectivity index (χ1v) is 8.17. The average molecular weight is 325 g/mol. The minimum Gasteiger partial charge on any atom is -0.370 e. The predicted octanol–water partition coefficient (Wildman–Crippen LogP) is 2.13. The highest BCUT2D eigenvalue weighted by Crippen LogP contribution is 2.29. The summed E-state index contributed by atoms with van der Waals surface area (Å²) in [6.45, 7) is 3.20. The Labute approximate surface area is 130 Å². The second-order valence-corrected chi connectivity index (χ2v) is 6.35. The zero-order valence-corrected chi connectivity index (χ0v) is 13.3. The Morgan fingerprint density at radius 1 is 1.45 bits per heavy atom. The number of nitrogens with two attached hydrogens (primary N) is 1. The van der Waals surface area contributed by atoms with Crippen LogP contribution in [0.15, 0.2) is 29.3 Å². The van der Waals surface area contributed by atoms with Gasteiger partial charge in [-0.25, -0.2) is 0 Å². The van der Waals surface area contributed by atoms with Gasteiger partial charge in [-0.2, -0.15) is 19.2 Å². The number of guanidine groups is 1. The maximum absolute atomic E-state index is 12.7. The highest BCUT2D eigenvalue weighted by Gasteiger charge is 2.31. The summed E-state index contributed by atoms with van der Waals surface area (Å²) in [5.41, 5.74) is 6.01. The Hall–Kier alpha value is -1.72. The fourth-order valence-corrected chi connectivity index (χ4v) is 3.41. The molecule has 1 aliphatic heterocycles. The van der Waals surface area contributed by atoms with Gasteiger partial charge in [0.05, 0.1) is 11.2 Å². The van der Waals surface area contributed by atoms with Crippen molar-refractivity contribution in [2.75, 3.05) is 13.1 Å². The quantitative estimate of drug-likeness (QED) is 0.865. The van der Waals surface area contributed by atoms with Gasteiger partial charge < -0.3 is 10.6 Å². The third-order valence-corrected chi connectivity index (χ3v) is 5.00. The van der Waals surface area contributed by atoms with Crippen LogP contribution in [0.5, 0.6) is 0 Å². The summed E-state index contributed by atoms with van der Waals surface area (Å²) in [6.07, 6.45) is -3.86. The van der Waals surface area contributed by atoms with Crippen LogP contribution in [0.1, 0.15) is 18.1 Å². The van der Waals surface area contributed by atoms with Gasteiger partial charge in [0.25, 0.3) is 0 Å². The standard InChI is InChI=1S/C15H18F3N3Si/c1-10-9-20-14(19)21(13(10)22-2)7-6-11-4-3-5-12(8-11)15(16,17)18/h2-5,8,10,13H,6-7,9H2,1H3,(H2,19,20). The summed E-state index contributed by atoms with van der Waals surface area (Å²) in [5.74, 6) is 0.713. The van der Waals surface area contributed by atoms with Crippen LogP contribution in [0.2, 0.25) is 0 Å². The smallest absolute Gasteiger partial charge is 0.370 e. The van der Waals surface area contributed by atoms with Crippen LogP contribution in [0.25, 0.3) is 0 Å². The summed E-state index contributed by atoms with van der Waals surface area (Å²) in [5, 5.41) is 0. The number of nitrogens with zero attached hydrogens (tertiary/aromatic N) is 2. The van der Waals surface area contributed by atoms with Gasteiger partial charge in [0.1, 0.15) is 0 Å². The summed E-state index contributed by atoms with van der Waals surface area (Å²) >= 11 is 0. The molecule has 0 spiro atoms. The number of rotatable bonds is 3. The Balaban J connectivity index is 2.11. The molecular formula is C15H18F3N3Si. The van der Waals surface area contributed by atoms with E-state index in [2.05, 4.69) is 11.9 Å². The second kappa shape index (κ2) is 6.58. The number of hydrogen-bond donors (Lipinski definition) is 1. The molecule has 7 heteroatoms. The van der Waals surface area contributed by atoms with Crippen molar-refractivity contribution in [1.29, 1.82) is 0 Å². The molecule has 2 N–H and O–H groups in total. The molecule has 2 rings (SSSR count). The molecule has 1 aliphatic rings. The van der Waals surface area contributed by atoms with Gasteiger partial charge in [0, 0.05) is 28.0 Å². The molecule has 22 heavy (non-hydrogen) atoms. The molecule has 0 saturated carbocycles. The van der Waals surface area contributed by atoms with Crippen molar-refractivity contribution in [2.45, 2.75) is 25.2 Å². The first-order chi connectivity index (χ1) is 10.3. The van der Waals surface area contributed by atoms with Crippen molar-refractivity contribution in [3.63, 3.8) is 0 Å². The molecule has 0 bridgehead atoms. The molecule has 2 unspecified atom stereocenters. The van der Waals surface area contributed by atoms with Gasteiger partial charge >= 0.3 is 6.18 Å². The summed E-state index contributed by atoms with van der Waals surface area (Å²) in [6, 6.07) is 11.2. The van der Waals surface area contributed by atoms with Crippen LogP contribution in [0.4, 0.5) is 13.2 Å². The minimum absolute atomic E-state index is 0.100. The maximum atomic E-state index is 12.7. The zero-order chi connectivity index (χ0) is 16.3. The maximum Gasteiger partial charge on any atom is 0.416 e. The van der Waals surface area contributed by atoms with Gasteiger partial charge in [-0.3, -0.25) is 4.99 Å². The van der Waals surface area contributed by atoms with Crippen LogP contribution in [0.3, 0.4) is 0 Å². The molecule has 0 amide bonds. The number of halogens is 3. The molecule has 0 aromatic heterocycles. The minimum atomic E-state index is -4.32. The fourth-order valence-electron chi connectivity index (χ4n) is 2.54. The van der Waals surface area contributed by atoms with Crippen LogP contribution >= 0.6 is 0 Å². The van der Waals surface area contributed by atoms with E-state index in [4.69, 9.17) is 11.7 Å².